The molecule has 0 aliphatic carbocycles. The molecule has 0 atom stereocenters. The molecule has 0 spiro atoms. The lowest BCUT2D eigenvalue weighted by atomic mass is 10.1. The van der Waals surface area contributed by atoms with E-state index in [0.717, 1.165) is 0 Å². The van der Waals surface area contributed by atoms with Crippen molar-refractivity contribution in [2.45, 2.75) is 4.90 Å². The number of fused-ring (bicyclic) bond motifs is 1. The number of amidine groups is 1. The van der Waals surface area contributed by atoms with Crippen molar-refractivity contribution < 1.29 is 21.6 Å². The highest BCUT2D eigenvalue weighted by Gasteiger charge is 2.35. The van der Waals surface area contributed by atoms with Gasteiger partial charge in [-0.3, -0.25) is 9.78 Å². The zero-order valence-electron chi connectivity index (χ0n) is 15.4. The first kappa shape index (κ1) is 19.7. The lowest BCUT2D eigenvalue weighted by Gasteiger charge is -2.36. The van der Waals surface area contributed by atoms with Crippen LogP contribution in [0, 0.1) is 0 Å². The molecule has 0 unspecified atom stereocenters. The normalized spacial score (nSPS) is 21.9. The highest BCUT2D eigenvalue weighted by atomic mass is 32.2. The van der Waals surface area contributed by atoms with Gasteiger partial charge in [0.1, 0.15) is 4.90 Å². The van der Waals surface area contributed by atoms with E-state index in [1.807, 2.05) is 0 Å². The summed E-state index contributed by atoms with van der Waals surface area (Å²) in [6.45, 7) is 0.902. The van der Waals surface area contributed by atoms with Crippen molar-refractivity contribution in [2.75, 3.05) is 38.5 Å². The van der Waals surface area contributed by atoms with Crippen molar-refractivity contribution >= 4 is 31.8 Å². The molecule has 0 radical (unpaired) electrons. The predicted octanol–water partition coefficient (Wildman–Crippen LogP) is -0.588. The van der Waals surface area contributed by atoms with E-state index in [1.54, 1.807) is 23.2 Å². The van der Waals surface area contributed by atoms with Gasteiger partial charge >= 0.3 is 0 Å². The Kier molecular flexibility index (Phi) is 5.00. The highest BCUT2D eigenvalue weighted by Crippen LogP contribution is 2.21. The lowest BCUT2D eigenvalue weighted by molar-refractivity contribution is -0.127. The topological polar surface area (TPSA) is 120 Å². The second-order valence-electron chi connectivity index (χ2n) is 6.70. The van der Waals surface area contributed by atoms with Crippen LogP contribution in [-0.4, -0.2) is 86.1 Å². The third-order valence-electron chi connectivity index (χ3n) is 4.89. The van der Waals surface area contributed by atoms with Crippen LogP contribution >= 0.6 is 0 Å². The number of hydrogen-bond acceptors (Lipinski definition) is 7. The zero-order chi connectivity index (χ0) is 20.6. The quantitative estimate of drug-likeness (QED) is 0.620. The summed E-state index contributed by atoms with van der Waals surface area (Å²) < 4.78 is 54.2. The number of allylic oxidation sites excluding steroid dienone is 2. The summed E-state index contributed by atoms with van der Waals surface area (Å²) in [7, 11) is -7.28. The van der Waals surface area contributed by atoms with Gasteiger partial charge in [-0.25, -0.2) is 16.8 Å². The Morgan fingerprint density at radius 2 is 1.86 bits per heavy atom. The average Bonchev–Trinajstić information content (AvgIpc) is 2.73. The maximum absolute atomic E-state index is 13.0. The fourth-order valence-corrected chi connectivity index (χ4v) is 5.71. The Balaban J connectivity index is 1.49. The first-order chi connectivity index (χ1) is 13.8. The SMILES string of the molecule is O=C(C1=CC=CN2CCS(=O)(=O)N=C12)N1CCN(S(=O)(=O)c2cccnc2)CC1. The van der Waals surface area contributed by atoms with Gasteiger partial charge in [0.25, 0.3) is 15.9 Å². The van der Waals surface area contributed by atoms with Crippen LogP contribution in [0.3, 0.4) is 0 Å². The van der Waals surface area contributed by atoms with E-state index in [2.05, 4.69) is 9.38 Å². The number of sulfonamides is 2. The first-order valence-electron chi connectivity index (χ1n) is 8.95. The van der Waals surface area contributed by atoms with Crippen LogP contribution in [0.2, 0.25) is 0 Å². The Morgan fingerprint density at radius 1 is 1.10 bits per heavy atom. The number of aromatic nitrogens is 1. The molecule has 4 rings (SSSR count). The summed E-state index contributed by atoms with van der Waals surface area (Å²) in [5.74, 6) is -0.351. The van der Waals surface area contributed by atoms with Crippen LogP contribution in [-0.2, 0) is 24.8 Å². The molecule has 1 aromatic heterocycles. The van der Waals surface area contributed by atoms with Gasteiger partial charge in [0, 0.05) is 51.3 Å². The first-order valence-corrected chi connectivity index (χ1v) is 12.0. The second kappa shape index (κ2) is 7.35. The van der Waals surface area contributed by atoms with E-state index in [9.17, 15) is 21.6 Å². The van der Waals surface area contributed by atoms with Crippen LogP contribution in [0.4, 0.5) is 0 Å². The Hall–Kier alpha value is -2.57. The van der Waals surface area contributed by atoms with E-state index in [-0.39, 0.29) is 60.7 Å². The van der Waals surface area contributed by atoms with E-state index in [0.29, 0.717) is 0 Å². The van der Waals surface area contributed by atoms with E-state index >= 15 is 0 Å². The molecule has 0 N–H and O–H groups in total. The monoisotopic (exact) mass is 437 g/mol. The fourth-order valence-electron chi connectivity index (χ4n) is 3.33. The van der Waals surface area contributed by atoms with Gasteiger partial charge in [-0.1, -0.05) is 0 Å². The van der Waals surface area contributed by atoms with Crippen LogP contribution in [0.1, 0.15) is 0 Å². The summed E-state index contributed by atoms with van der Waals surface area (Å²) in [5, 5.41) is 0. The van der Waals surface area contributed by atoms with Crippen LogP contribution in [0.25, 0.3) is 0 Å². The Bertz CT molecular complexity index is 1120. The molecule has 3 aliphatic rings. The molecule has 0 bridgehead atoms. The molecule has 10 nitrogen and oxygen atoms in total. The number of pyridine rings is 1. The smallest absolute Gasteiger partial charge is 0.257 e. The van der Waals surface area contributed by atoms with Gasteiger partial charge in [0.15, 0.2) is 5.84 Å². The van der Waals surface area contributed by atoms with Crippen LogP contribution in [0.15, 0.2) is 57.7 Å². The minimum absolute atomic E-state index is 0.104. The number of rotatable bonds is 3. The van der Waals surface area contributed by atoms with E-state index in [1.165, 1.54) is 33.7 Å². The number of hydrogen-bond donors (Lipinski definition) is 0. The van der Waals surface area contributed by atoms with Crippen molar-refractivity contribution in [3.63, 3.8) is 0 Å². The summed E-state index contributed by atoms with van der Waals surface area (Å²) in [6, 6.07) is 3.04. The third-order valence-corrected chi connectivity index (χ3v) is 7.92. The minimum atomic E-state index is -3.67. The van der Waals surface area contributed by atoms with E-state index < -0.39 is 20.0 Å². The van der Waals surface area contributed by atoms with Crippen molar-refractivity contribution in [2.24, 2.45) is 4.40 Å². The van der Waals surface area contributed by atoms with Gasteiger partial charge in [-0.2, -0.15) is 4.31 Å². The van der Waals surface area contributed by atoms with E-state index in [4.69, 9.17) is 0 Å². The van der Waals surface area contributed by atoms with Gasteiger partial charge < -0.3 is 9.80 Å². The van der Waals surface area contributed by atoms with Crippen molar-refractivity contribution in [1.29, 1.82) is 0 Å². The van der Waals surface area contributed by atoms with Crippen molar-refractivity contribution in [3.05, 3.63) is 48.5 Å². The van der Waals surface area contributed by atoms with Crippen molar-refractivity contribution in [3.8, 4) is 0 Å². The van der Waals surface area contributed by atoms with Crippen molar-refractivity contribution in [1.82, 2.24) is 19.1 Å². The molecule has 0 aromatic carbocycles. The molecule has 4 heterocycles. The molecule has 154 valence electrons. The molecular formula is C17H19N5O5S2. The molecule has 0 saturated carbocycles. The summed E-state index contributed by atoms with van der Waals surface area (Å²) >= 11 is 0. The van der Waals surface area contributed by atoms with Gasteiger partial charge in [-0.15, -0.1) is 4.40 Å². The Morgan fingerprint density at radius 3 is 2.55 bits per heavy atom. The predicted molar refractivity (Wildman–Crippen MR) is 105 cm³/mol. The maximum atomic E-state index is 13.0. The molecule has 3 aliphatic heterocycles. The second-order valence-corrected chi connectivity index (χ2v) is 10.4. The van der Waals surface area contributed by atoms with Crippen LogP contribution < -0.4 is 0 Å². The molecule has 1 fully saturated rings. The summed E-state index contributed by atoms with van der Waals surface area (Å²) in [5.41, 5.74) is 0.194. The third kappa shape index (κ3) is 3.82. The van der Waals surface area contributed by atoms with Gasteiger partial charge in [-0.05, 0) is 24.3 Å². The standard InChI is InChI=1S/C17H19N5O5S2/c23-17(15-4-2-6-20-11-12-28(24,25)19-16(15)20)21-7-9-22(10-8-21)29(26,27)14-3-1-5-18-13-14/h1-6,13H,7-12H2. The highest BCUT2D eigenvalue weighted by molar-refractivity contribution is 7.90. The fraction of sp³-hybridized carbons (Fsp3) is 0.353. The maximum Gasteiger partial charge on any atom is 0.257 e. The number of carbonyl (C=O) groups excluding carboxylic acids is 1. The molecule has 12 heteroatoms. The van der Waals surface area contributed by atoms with Gasteiger partial charge in [0.05, 0.1) is 11.3 Å². The zero-order valence-corrected chi connectivity index (χ0v) is 17.0. The molecule has 1 saturated heterocycles. The summed E-state index contributed by atoms with van der Waals surface area (Å²) in [6.07, 6.45) is 7.69. The number of amides is 1. The number of carbonyl (C=O) groups is 1. The molecule has 1 aromatic rings. The molecule has 29 heavy (non-hydrogen) atoms. The van der Waals surface area contributed by atoms with Crippen LogP contribution in [0.5, 0.6) is 0 Å². The minimum Gasteiger partial charge on any atom is -0.336 e. The average molecular weight is 438 g/mol. The Labute approximate surface area is 168 Å². The lowest BCUT2D eigenvalue weighted by Crippen LogP contribution is -2.52. The van der Waals surface area contributed by atoms with Gasteiger partial charge in [0.2, 0.25) is 10.0 Å². The number of nitrogens with zero attached hydrogens (tertiary/aromatic N) is 5. The largest absolute Gasteiger partial charge is 0.336 e. The molecular weight excluding hydrogens is 418 g/mol. The molecule has 1 amide bonds. The number of piperazine rings is 1. The summed E-state index contributed by atoms with van der Waals surface area (Å²) in [4.78, 5) is 20.1.